The Morgan fingerprint density at radius 3 is 3.22 bits per heavy atom. The van der Waals surface area contributed by atoms with Gasteiger partial charge in [0.1, 0.15) is 5.82 Å². The lowest BCUT2D eigenvalue weighted by atomic mass is 10.3. The van der Waals surface area contributed by atoms with Gasteiger partial charge in [0.05, 0.1) is 23.7 Å². The van der Waals surface area contributed by atoms with Gasteiger partial charge in [0.25, 0.3) is 0 Å². The Balaban J connectivity index is 1.75. The molecule has 5 heteroatoms. The van der Waals surface area contributed by atoms with Gasteiger partial charge in [-0.3, -0.25) is 4.90 Å². The number of fused-ring (bicyclic) bond motifs is 1. The Labute approximate surface area is 106 Å². The van der Waals surface area contributed by atoms with Gasteiger partial charge in [0.2, 0.25) is 0 Å². The molecule has 3 rings (SSSR count). The van der Waals surface area contributed by atoms with Gasteiger partial charge < -0.3 is 15.5 Å². The Bertz CT molecular complexity index is 551. The van der Waals surface area contributed by atoms with Crippen LogP contribution in [0, 0.1) is 0 Å². The van der Waals surface area contributed by atoms with Gasteiger partial charge in [-0.25, -0.2) is 4.98 Å². The first-order chi connectivity index (χ1) is 8.74. The summed E-state index contributed by atoms with van der Waals surface area (Å²) in [6.45, 7) is 2.89. The van der Waals surface area contributed by atoms with Crippen molar-refractivity contribution in [1.29, 1.82) is 0 Å². The van der Waals surface area contributed by atoms with Crippen LogP contribution in [0.3, 0.4) is 0 Å². The molecule has 1 fully saturated rings. The molecule has 1 aromatic heterocycles. The summed E-state index contributed by atoms with van der Waals surface area (Å²) >= 11 is 0. The molecule has 0 radical (unpaired) electrons. The molecule has 1 aromatic carbocycles. The zero-order valence-corrected chi connectivity index (χ0v) is 10.5. The number of H-pyrrole nitrogens is 1. The molecule has 0 bridgehead atoms. The number of hydrogen-bond donors (Lipinski definition) is 2. The molecular weight excluding hydrogens is 228 g/mol. The van der Waals surface area contributed by atoms with Crippen LogP contribution < -0.4 is 5.73 Å². The minimum absolute atomic E-state index is 0.366. The second-order valence-corrected chi connectivity index (χ2v) is 4.84. The van der Waals surface area contributed by atoms with Crippen LogP contribution in [-0.4, -0.2) is 41.2 Å². The quantitative estimate of drug-likeness (QED) is 0.803. The molecule has 96 valence electrons. The highest BCUT2D eigenvalue weighted by molar-refractivity contribution is 5.78. The number of imidazole rings is 1. The summed E-state index contributed by atoms with van der Waals surface area (Å²) in [7, 11) is 1.78. The summed E-state index contributed by atoms with van der Waals surface area (Å²) in [5.74, 6) is 0.993. The molecule has 0 aliphatic carbocycles. The summed E-state index contributed by atoms with van der Waals surface area (Å²) in [4.78, 5) is 10.3. The van der Waals surface area contributed by atoms with Crippen molar-refractivity contribution in [3.63, 3.8) is 0 Å². The topological polar surface area (TPSA) is 67.2 Å². The lowest BCUT2D eigenvalue weighted by Crippen LogP contribution is -2.22. The molecule has 1 saturated heterocycles. The summed E-state index contributed by atoms with van der Waals surface area (Å²) in [6.07, 6.45) is 1.47. The monoisotopic (exact) mass is 246 g/mol. The van der Waals surface area contributed by atoms with Crippen LogP contribution in [-0.2, 0) is 11.3 Å². The van der Waals surface area contributed by atoms with E-state index in [1.54, 1.807) is 7.11 Å². The van der Waals surface area contributed by atoms with E-state index in [4.69, 9.17) is 10.5 Å². The van der Waals surface area contributed by atoms with E-state index < -0.39 is 0 Å². The number of nitrogens with one attached hydrogen (secondary N) is 1. The van der Waals surface area contributed by atoms with Crippen molar-refractivity contribution < 1.29 is 4.74 Å². The minimum atomic E-state index is 0.366. The average Bonchev–Trinajstić information content (AvgIpc) is 2.95. The summed E-state index contributed by atoms with van der Waals surface area (Å²) in [5.41, 5.74) is 8.50. The number of aromatic nitrogens is 2. The zero-order chi connectivity index (χ0) is 12.5. The SMILES string of the molecule is COC1CCN(Cc2nc3ccc(N)cc3[nH]2)C1. The first-order valence-electron chi connectivity index (χ1n) is 6.24. The fourth-order valence-electron chi connectivity index (χ4n) is 2.50. The zero-order valence-electron chi connectivity index (χ0n) is 10.5. The molecule has 2 heterocycles. The average molecular weight is 246 g/mol. The molecule has 0 spiro atoms. The second kappa shape index (κ2) is 4.59. The molecule has 0 saturated carbocycles. The van der Waals surface area contributed by atoms with E-state index in [2.05, 4.69) is 14.9 Å². The molecule has 0 amide bonds. The third-order valence-corrected chi connectivity index (χ3v) is 3.49. The third-order valence-electron chi connectivity index (χ3n) is 3.49. The van der Waals surface area contributed by atoms with E-state index in [0.29, 0.717) is 6.10 Å². The largest absolute Gasteiger partial charge is 0.399 e. The van der Waals surface area contributed by atoms with Gasteiger partial charge in [0, 0.05) is 25.9 Å². The highest BCUT2D eigenvalue weighted by Gasteiger charge is 2.22. The van der Waals surface area contributed by atoms with E-state index in [-0.39, 0.29) is 0 Å². The molecular formula is C13H18N4O. The van der Waals surface area contributed by atoms with Crippen molar-refractivity contribution in [2.45, 2.75) is 19.1 Å². The smallest absolute Gasteiger partial charge is 0.121 e. The van der Waals surface area contributed by atoms with Crippen molar-refractivity contribution in [2.24, 2.45) is 0 Å². The van der Waals surface area contributed by atoms with Crippen LogP contribution in [0.15, 0.2) is 18.2 Å². The van der Waals surface area contributed by atoms with Crippen LogP contribution in [0.25, 0.3) is 11.0 Å². The third kappa shape index (κ3) is 2.19. The van der Waals surface area contributed by atoms with Crippen LogP contribution in [0.5, 0.6) is 0 Å². The summed E-state index contributed by atoms with van der Waals surface area (Å²) < 4.78 is 5.36. The molecule has 18 heavy (non-hydrogen) atoms. The maximum atomic E-state index is 5.76. The van der Waals surface area contributed by atoms with Gasteiger partial charge in [-0.15, -0.1) is 0 Å². The number of likely N-dealkylation sites (tertiary alicyclic amines) is 1. The van der Waals surface area contributed by atoms with Crippen LogP contribution in [0.4, 0.5) is 5.69 Å². The number of rotatable bonds is 3. The van der Waals surface area contributed by atoms with Gasteiger partial charge >= 0.3 is 0 Å². The van der Waals surface area contributed by atoms with Gasteiger partial charge in [0.15, 0.2) is 0 Å². The first-order valence-corrected chi connectivity index (χ1v) is 6.24. The van der Waals surface area contributed by atoms with Gasteiger partial charge in [-0.1, -0.05) is 0 Å². The normalized spacial score (nSPS) is 20.8. The number of aromatic amines is 1. The molecule has 5 nitrogen and oxygen atoms in total. The minimum Gasteiger partial charge on any atom is -0.399 e. The second-order valence-electron chi connectivity index (χ2n) is 4.84. The number of benzene rings is 1. The van der Waals surface area contributed by atoms with Crippen LogP contribution in [0.2, 0.25) is 0 Å². The summed E-state index contributed by atoms with van der Waals surface area (Å²) in [5, 5.41) is 0. The number of ether oxygens (including phenoxy) is 1. The van der Waals surface area contributed by atoms with Crippen molar-refractivity contribution in [1.82, 2.24) is 14.9 Å². The van der Waals surface area contributed by atoms with E-state index >= 15 is 0 Å². The predicted octanol–water partition coefficient (Wildman–Crippen LogP) is 1.37. The van der Waals surface area contributed by atoms with Crippen molar-refractivity contribution >= 4 is 16.7 Å². The lowest BCUT2D eigenvalue weighted by Gasteiger charge is -2.13. The molecule has 3 N–H and O–H groups in total. The fraction of sp³-hybridized carbons (Fsp3) is 0.462. The van der Waals surface area contributed by atoms with E-state index in [0.717, 1.165) is 48.6 Å². The van der Waals surface area contributed by atoms with Crippen LogP contribution >= 0.6 is 0 Å². The Kier molecular flexibility index (Phi) is 2.93. The van der Waals surface area contributed by atoms with Gasteiger partial charge in [-0.2, -0.15) is 0 Å². The number of methoxy groups -OCH3 is 1. The number of anilines is 1. The number of hydrogen-bond acceptors (Lipinski definition) is 4. The fourth-order valence-corrected chi connectivity index (χ4v) is 2.50. The first kappa shape index (κ1) is 11.5. The molecule has 1 unspecified atom stereocenters. The highest BCUT2D eigenvalue weighted by atomic mass is 16.5. The molecule has 1 aliphatic heterocycles. The predicted molar refractivity (Wildman–Crippen MR) is 71.2 cm³/mol. The van der Waals surface area contributed by atoms with E-state index in [1.807, 2.05) is 18.2 Å². The molecule has 1 aliphatic rings. The molecule has 2 aromatic rings. The van der Waals surface area contributed by atoms with E-state index in [9.17, 15) is 0 Å². The number of nitrogens with zero attached hydrogens (tertiary/aromatic N) is 2. The van der Waals surface area contributed by atoms with E-state index in [1.165, 1.54) is 0 Å². The van der Waals surface area contributed by atoms with Crippen molar-refractivity contribution in [3.8, 4) is 0 Å². The molecule has 1 atom stereocenters. The number of nitrogen functional groups attached to an aromatic ring is 1. The number of nitrogens with two attached hydrogens (primary N) is 1. The Morgan fingerprint density at radius 2 is 2.44 bits per heavy atom. The lowest BCUT2D eigenvalue weighted by molar-refractivity contribution is 0.107. The van der Waals surface area contributed by atoms with Crippen molar-refractivity contribution in [2.75, 3.05) is 25.9 Å². The standard InChI is InChI=1S/C13H18N4O/c1-18-10-4-5-17(7-10)8-13-15-11-3-2-9(14)6-12(11)16-13/h2-3,6,10H,4-5,7-8,14H2,1H3,(H,15,16). The highest BCUT2D eigenvalue weighted by Crippen LogP contribution is 2.18. The maximum absolute atomic E-state index is 5.76. The van der Waals surface area contributed by atoms with Gasteiger partial charge in [-0.05, 0) is 24.6 Å². The maximum Gasteiger partial charge on any atom is 0.121 e. The summed E-state index contributed by atoms with van der Waals surface area (Å²) in [6, 6.07) is 5.75. The van der Waals surface area contributed by atoms with Crippen molar-refractivity contribution in [3.05, 3.63) is 24.0 Å². The Hall–Kier alpha value is -1.59. The van der Waals surface area contributed by atoms with Crippen LogP contribution in [0.1, 0.15) is 12.2 Å². The Morgan fingerprint density at radius 1 is 1.56 bits per heavy atom.